The Labute approximate surface area is 222 Å². The molecule has 0 saturated carbocycles. The van der Waals surface area contributed by atoms with Gasteiger partial charge >= 0.3 is 5.97 Å². The Morgan fingerprint density at radius 1 is 0.824 bits per heavy atom. The summed E-state index contributed by atoms with van der Waals surface area (Å²) in [6, 6.07) is 9.71. The number of amides is 2. The molecule has 3 rings (SSSR count). The Balaban J connectivity index is 1.67. The number of hydrogen-bond acceptors (Lipinski definition) is 5. The number of halogens is 5. The SMILES string of the molecule is O=C(CSc1ccc(NC(=O)c2c(Cl)c(Cl)c(Cl)c(Cl)c2C(=O)O)cc1)Nc1ccc(Cl)cn1. The quantitative estimate of drug-likeness (QED) is 0.158. The number of nitrogens with one attached hydrogen (secondary N) is 2. The highest BCUT2D eigenvalue weighted by Crippen LogP contribution is 2.41. The number of rotatable bonds is 7. The summed E-state index contributed by atoms with van der Waals surface area (Å²) in [7, 11) is 0. The van der Waals surface area contributed by atoms with Crippen LogP contribution in [0.2, 0.25) is 25.1 Å². The van der Waals surface area contributed by atoms with Gasteiger partial charge in [-0.15, -0.1) is 11.8 Å². The van der Waals surface area contributed by atoms with Crippen LogP contribution in [0.3, 0.4) is 0 Å². The van der Waals surface area contributed by atoms with Gasteiger partial charge in [0.25, 0.3) is 5.91 Å². The molecule has 13 heteroatoms. The molecule has 0 aliphatic carbocycles. The highest BCUT2D eigenvalue weighted by molar-refractivity contribution is 8.00. The van der Waals surface area contributed by atoms with Crippen molar-refractivity contribution < 1.29 is 19.5 Å². The maximum atomic E-state index is 12.8. The van der Waals surface area contributed by atoms with Crippen LogP contribution in [0.5, 0.6) is 0 Å². The molecule has 0 bridgehead atoms. The fraction of sp³-hybridized carbons (Fsp3) is 0.0476. The molecular weight excluding hydrogens is 568 g/mol. The number of carbonyl (C=O) groups excluding carboxylic acids is 2. The second kappa shape index (κ2) is 11.5. The first-order valence-electron chi connectivity index (χ1n) is 9.13. The molecule has 0 spiro atoms. The predicted octanol–water partition coefficient (Wildman–Crippen LogP) is 7.03. The molecular formula is C21H12Cl5N3O4S. The van der Waals surface area contributed by atoms with E-state index in [1.54, 1.807) is 36.4 Å². The lowest BCUT2D eigenvalue weighted by Crippen LogP contribution is -2.18. The maximum Gasteiger partial charge on any atom is 0.338 e. The Kier molecular flexibility index (Phi) is 8.92. The van der Waals surface area contributed by atoms with Crippen LogP contribution in [0, 0.1) is 0 Å². The smallest absolute Gasteiger partial charge is 0.338 e. The van der Waals surface area contributed by atoms with Gasteiger partial charge in [-0.05, 0) is 36.4 Å². The third kappa shape index (κ3) is 6.27. The summed E-state index contributed by atoms with van der Waals surface area (Å²) in [4.78, 5) is 41.3. The Bertz CT molecular complexity index is 1270. The van der Waals surface area contributed by atoms with Crippen molar-refractivity contribution in [1.82, 2.24) is 4.98 Å². The molecule has 2 amide bonds. The van der Waals surface area contributed by atoms with Crippen molar-refractivity contribution in [2.24, 2.45) is 0 Å². The second-order valence-electron chi connectivity index (χ2n) is 6.49. The number of carbonyl (C=O) groups is 3. The molecule has 34 heavy (non-hydrogen) atoms. The molecule has 7 nitrogen and oxygen atoms in total. The van der Waals surface area contributed by atoms with E-state index in [2.05, 4.69) is 15.6 Å². The van der Waals surface area contributed by atoms with Crippen LogP contribution < -0.4 is 10.6 Å². The molecule has 3 N–H and O–H groups in total. The first-order chi connectivity index (χ1) is 16.1. The lowest BCUT2D eigenvalue weighted by atomic mass is 10.1. The van der Waals surface area contributed by atoms with Gasteiger partial charge in [-0.25, -0.2) is 9.78 Å². The average molecular weight is 580 g/mol. The number of anilines is 2. The van der Waals surface area contributed by atoms with Crippen molar-refractivity contribution >= 4 is 99.1 Å². The lowest BCUT2D eigenvalue weighted by Gasteiger charge is -2.14. The fourth-order valence-electron chi connectivity index (χ4n) is 2.65. The molecule has 0 radical (unpaired) electrons. The average Bonchev–Trinajstić information content (AvgIpc) is 2.80. The molecule has 2 aromatic carbocycles. The van der Waals surface area contributed by atoms with E-state index in [-0.39, 0.29) is 26.7 Å². The molecule has 3 aromatic rings. The molecule has 0 fully saturated rings. The van der Waals surface area contributed by atoms with Crippen molar-refractivity contribution in [2.75, 3.05) is 16.4 Å². The van der Waals surface area contributed by atoms with Crippen LogP contribution in [-0.2, 0) is 4.79 Å². The van der Waals surface area contributed by atoms with E-state index in [0.29, 0.717) is 16.5 Å². The molecule has 0 aliphatic heterocycles. The molecule has 1 aromatic heterocycles. The topological polar surface area (TPSA) is 108 Å². The van der Waals surface area contributed by atoms with Crippen molar-refractivity contribution in [2.45, 2.75) is 4.90 Å². The maximum absolute atomic E-state index is 12.8. The minimum absolute atomic E-state index is 0.120. The van der Waals surface area contributed by atoms with Gasteiger partial charge in [0.1, 0.15) is 5.82 Å². The van der Waals surface area contributed by atoms with Crippen LogP contribution in [0.1, 0.15) is 20.7 Å². The molecule has 0 saturated heterocycles. The highest BCUT2D eigenvalue weighted by atomic mass is 35.5. The number of carboxylic acid groups (broad SMARTS) is 1. The fourth-order valence-corrected chi connectivity index (χ4v) is 4.48. The molecule has 0 atom stereocenters. The third-order valence-electron chi connectivity index (χ3n) is 4.19. The summed E-state index contributed by atoms with van der Waals surface area (Å²) in [5, 5.41) is 13.9. The van der Waals surface area contributed by atoms with Crippen LogP contribution >= 0.6 is 69.8 Å². The number of aromatic carboxylic acids is 1. The van der Waals surface area contributed by atoms with Gasteiger partial charge < -0.3 is 15.7 Å². The van der Waals surface area contributed by atoms with Gasteiger partial charge in [0.15, 0.2) is 0 Å². The van der Waals surface area contributed by atoms with Gasteiger partial charge in [0, 0.05) is 16.8 Å². The van der Waals surface area contributed by atoms with E-state index in [4.69, 9.17) is 58.0 Å². The number of hydrogen-bond donors (Lipinski definition) is 3. The zero-order valence-electron chi connectivity index (χ0n) is 16.7. The van der Waals surface area contributed by atoms with Crippen LogP contribution in [-0.4, -0.2) is 33.6 Å². The van der Waals surface area contributed by atoms with E-state index in [9.17, 15) is 19.5 Å². The van der Waals surface area contributed by atoms with Gasteiger partial charge in [-0.3, -0.25) is 9.59 Å². The van der Waals surface area contributed by atoms with E-state index >= 15 is 0 Å². The van der Waals surface area contributed by atoms with Crippen molar-refractivity contribution in [3.05, 3.63) is 78.8 Å². The van der Waals surface area contributed by atoms with E-state index in [1.807, 2.05) is 0 Å². The third-order valence-corrected chi connectivity index (χ3v) is 7.22. The van der Waals surface area contributed by atoms with Crippen molar-refractivity contribution in [3.63, 3.8) is 0 Å². The lowest BCUT2D eigenvalue weighted by molar-refractivity contribution is -0.113. The number of pyridine rings is 1. The van der Waals surface area contributed by atoms with E-state index < -0.39 is 28.0 Å². The standard InChI is InChI=1S/C21H12Cl5N3O4S/c22-9-1-6-12(27-7-9)29-13(30)8-34-11-4-2-10(3-5-11)28-20(31)14-15(21(32)33)17(24)19(26)18(25)16(14)23/h1-7H,8H2,(H,28,31)(H,32,33)(H,27,29,30). The minimum atomic E-state index is -1.49. The Morgan fingerprint density at radius 2 is 1.44 bits per heavy atom. The second-order valence-corrected chi connectivity index (χ2v) is 9.49. The number of benzene rings is 2. The first-order valence-corrected chi connectivity index (χ1v) is 12.0. The largest absolute Gasteiger partial charge is 0.478 e. The highest BCUT2D eigenvalue weighted by Gasteiger charge is 2.28. The molecule has 0 unspecified atom stereocenters. The summed E-state index contributed by atoms with van der Waals surface area (Å²) in [6.07, 6.45) is 1.43. The number of nitrogens with zero attached hydrogens (tertiary/aromatic N) is 1. The summed E-state index contributed by atoms with van der Waals surface area (Å²) in [5.41, 5.74) is -0.634. The Hall–Kier alpha value is -2.20. The zero-order chi connectivity index (χ0) is 25.0. The first kappa shape index (κ1) is 26.4. The van der Waals surface area contributed by atoms with Gasteiger partial charge in [0.2, 0.25) is 5.91 Å². The zero-order valence-corrected chi connectivity index (χ0v) is 21.3. The molecule has 176 valence electrons. The van der Waals surface area contributed by atoms with E-state index in [1.165, 1.54) is 18.0 Å². The van der Waals surface area contributed by atoms with Crippen LogP contribution in [0.15, 0.2) is 47.5 Å². The van der Waals surface area contributed by atoms with Crippen LogP contribution in [0.25, 0.3) is 0 Å². The number of carboxylic acids is 1. The van der Waals surface area contributed by atoms with Gasteiger partial charge in [-0.1, -0.05) is 58.0 Å². The van der Waals surface area contributed by atoms with Crippen molar-refractivity contribution in [1.29, 1.82) is 0 Å². The van der Waals surface area contributed by atoms with Crippen molar-refractivity contribution in [3.8, 4) is 0 Å². The summed E-state index contributed by atoms with van der Waals surface area (Å²) < 4.78 is 0. The monoisotopic (exact) mass is 577 g/mol. The minimum Gasteiger partial charge on any atom is -0.478 e. The van der Waals surface area contributed by atoms with E-state index in [0.717, 1.165) is 4.90 Å². The van der Waals surface area contributed by atoms with Gasteiger partial charge in [0.05, 0.1) is 42.0 Å². The summed E-state index contributed by atoms with van der Waals surface area (Å²) >= 11 is 31.0. The Morgan fingerprint density at radius 3 is 2.00 bits per heavy atom. The number of thioether (sulfide) groups is 1. The summed E-state index contributed by atoms with van der Waals surface area (Å²) in [6.45, 7) is 0. The van der Waals surface area contributed by atoms with Gasteiger partial charge in [-0.2, -0.15) is 0 Å². The summed E-state index contributed by atoms with van der Waals surface area (Å²) in [5.74, 6) is -2.08. The van der Waals surface area contributed by atoms with Crippen LogP contribution in [0.4, 0.5) is 11.5 Å². The number of aromatic nitrogens is 1. The normalized spacial score (nSPS) is 10.6. The predicted molar refractivity (Wildman–Crippen MR) is 136 cm³/mol. The molecule has 0 aliphatic rings. The molecule has 1 heterocycles.